The molecular weight excluding hydrogens is 701 g/mol. The Bertz CT molecular complexity index is 2350. The van der Waals surface area contributed by atoms with Gasteiger partial charge in [-0.25, -0.2) is 9.97 Å². The summed E-state index contributed by atoms with van der Waals surface area (Å²) in [7, 11) is 0. The molecule has 12 rings (SSSR count). The monoisotopic (exact) mass is 740 g/mol. The summed E-state index contributed by atoms with van der Waals surface area (Å²) in [6.45, 7) is 0.739. The number of nitrogens with zero attached hydrogens (tertiary/aromatic N) is 6. The van der Waals surface area contributed by atoms with Crippen LogP contribution in [0.3, 0.4) is 0 Å². The van der Waals surface area contributed by atoms with Crippen LogP contribution in [0.5, 0.6) is 0 Å². The van der Waals surface area contributed by atoms with Gasteiger partial charge in [-0.1, -0.05) is 127 Å². The molecule has 1 aliphatic carbocycles. The normalized spacial score (nSPS) is 23.8. The van der Waals surface area contributed by atoms with Crippen LogP contribution in [-0.2, 0) is 0 Å². The summed E-state index contributed by atoms with van der Waals surface area (Å²) >= 11 is 0. The molecule has 0 spiro atoms. The van der Waals surface area contributed by atoms with Gasteiger partial charge in [0.25, 0.3) is 23.6 Å². The Morgan fingerprint density at radius 1 is 0.411 bits per heavy atom. The molecule has 8 heterocycles. The summed E-state index contributed by atoms with van der Waals surface area (Å²) in [6.07, 6.45) is 8.80. The van der Waals surface area contributed by atoms with Gasteiger partial charge in [-0.3, -0.25) is 19.2 Å². The van der Waals surface area contributed by atoms with Gasteiger partial charge in [-0.2, -0.15) is 0 Å². The lowest BCUT2D eigenvalue weighted by Gasteiger charge is -2.48. The molecule has 10 nitrogen and oxygen atoms in total. The zero-order valence-electron chi connectivity index (χ0n) is 30.7. The van der Waals surface area contributed by atoms with Crippen LogP contribution in [0.25, 0.3) is 0 Å². The zero-order chi connectivity index (χ0) is 38.2. The topological polar surface area (TPSA) is 107 Å². The Morgan fingerprint density at radius 2 is 0.786 bits per heavy atom. The van der Waals surface area contributed by atoms with E-state index in [-0.39, 0.29) is 78.5 Å². The highest BCUT2D eigenvalue weighted by Crippen LogP contribution is 2.38. The summed E-state index contributed by atoms with van der Waals surface area (Å²) in [5.74, 6) is -1.38. The molecule has 56 heavy (non-hydrogen) atoms. The number of aromatic nitrogens is 2. The second-order valence-electron chi connectivity index (χ2n) is 14.7. The number of piperazine rings is 2. The van der Waals surface area contributed by atoms with E-state index in [1.165, 1.54) is 0 Å². The van der Waals surface area contributed by atoms with Crippen molar-refractivity contribution in [3.63, 3.8) is 0 Å². The van der Waals surface area contributed by atoms with Crippen molar-refractivity contribution in [3.05, 3.63) is 191 Å². The summed E-state index contributed by atoms with van der Waals surface area (Å²) in [5, 5.41) is 0. The number of carbonyl (C=O) groups excluding carboxylic acids is 4. The van der Waals surface area contributed by atoms with E-state index < -0.39 is 24.2 Å². The standard InChI is InChI=1S/C46H40N6O4/c53-43-35-23-13-25-37(47-35)45(55)51-29-42(34-21-11-4-12-22-34)52(30-41(51)33-19-9-3-10-20-33)46(56)38-26-14-24-36(48-38)44(54)50-27-39(31-15-5-1-6-16-31)49(43)28-40(50)32-17-7-2-8-18-32/h1-21,23-26,34,39-42H,22,27-30H2/t34?,39-,40-,41-,42-/m0/s1. The second kappa shape index (κ2) is 14.9. The third-order valence-electron chi connectivity index (χ3n) is 11.5. The van der Waals surface area contributed by atoms with Gasteiger partial charge in [0.15, 0.2) is 0 Å². The maximum absolute atomic E-state index is 14.9. The minimum atomic E-state index is -0.538. The van der Waals surface area contributed by atoms with Gasteiger partial charge < -0.3 is 19.6 Å². The molecule has 2 saturated heterocycles. The molecule has 8 bridgehead atoms. The molecule has 4 amide bonds. The van der Waals surface area contributed by atoms with E-state index in [1.807, 2.05) is 108 Å². The molecule has 5 aromatic rings. The van der Waals surface area contributed by atoms with Crippen LogP contribution >= 0.6 is 0 Å². The van der Waals surface area contributed by atoms with Gasteiger partial charge in [-0.15, -0.1) is 0 Å². The molecule has 3 aromatic carbocycles. The Kier molecular flexibility index (Phi) is 9.30. The van der Waals surface area contributed by atoms with Crippen molar-refractivity contribution in [2.24, 2.45) is 5.92 Å². The van der Waals surface area contributed by atoms with Crippen molar-refractivity contribution in [1.29, 1.82) is 0 Å². The number of benzene rings is 3. The van der Waals surface area contributed by atoms with Crippen LogP contribution in [0.4, 0.5) is 0 Å². The Labute approximate surface area is 325 Å². The number of allylic oxidation sites excluding steroid dienone is 3. The van der Waals surface area contributed by atoms with Crippen LogP contribution in [-0.4, -0.2) is 85.4 Å². The predicted molar refractivity (Wildman–Crippen MR) is 210 cm³/mol. The fourth-order valence-electron chi connectivity index (χ4n) is 8.65. The first-order chi connectivity index (χ1) is 27.4. The van der Waals surface area contributed by atoms with Crippen LogP contribution < -0.4 is 0 Å². The fourth-order valence-corrected chi connectivity index (χ4v) is 8.65. The van der Waals surface area contributed by atoms with Crippen molar-refractivity contribution < 1.29 is 19.2 Å². The van der Waals surface area contributed by atoms with Crippen LogP contribution in [0.15, 0.2) is 152 Å². The molecule has 0 N–H and O–H groups in total. The second-order valence-corrected chi connectivity index (χ2v) is 14.7. The maximum atomic E-state index is 14.9. The first-order valence-electron chi connectivity index (χ1n) is 19.1. The highest BCUT2D eigenvalue weighted by Gasteiger charge is 2.45. The van der Waals surface area contributed by atoms with Gasteiger partial charge in [0, 0.05) is 32.1 Å². The molecule has 6 aliphatic heterocycles. The van der Waals surface area contributed by atoms with Crippen molar-refractivity contribution in [3.8, 4) is 0 Å². The summed E-state index contributed by atoms with van der Waals surface area (Å²) < 4.78 is 0. The highest BCUT2D eigenvalue weighted by molar-refractivity contribution is 5.99. The molecule has 5 atom stereocenters. The lowest BCUT2D eigenvalue weighted by Crippen LogP contribution is -2.60. The van der Waals surface area contributed by atoms with Crippen LogP contribution in [0.1, 0.15) is 83.2 Å². The third-order valence-corrected chi connectivity index (χ3v) is 11.5. The van der Waals surface area contributed by atoms with Gasteiger partial charge >= 0.3 is 0 Å². The van der Waals surface area contributed by atoms with E-state index in [9.17, 15) is 19.2 Å². The highest BCUT2D eigenvalue weighted by atomic mass is 16.2. The number of hydrogen-bond acceptors (Lipinski definition) is 6. The van der Waals surface area contributed by atoms with E-state index in [0.29, 0.717) is 6.42 Å². The molecule has 2 aromatic heterocycles. The quantitative estimate of drug-likeness (QED) is 0.203. The smallest absolute Gasteiger partial charge is 0.273 e. The van der Waals surface area contributed by atoms with Crippen molar-refractivity contribution >= 4 is 23.6 Å². The number of hydrogen-bond donors (Lipinski definition) is 0. The lowest BCUT2D eigenvalue weighted by molar-refractivity contribution is 0.0109. The first-order valence-corrected chi connectivity index (χ1v) is 19.1. The zero-order valence-corrected chi connectivity index (χ0v) is 30.7. The Morgan fingerprint density at radius 3 is 1.18 bits per heavy atom. The Hall–Kier alpha value is -6.68. The van der Waals surface area contributed by atoms with Crippen LogP contribution in [0.2, 0.25) is 0 Å². The summed E-state index contributed by atoms with van der Waals surface area (Å²) in [4.78, 5) is 76.2. The molecular formula is C46H40N6O4. The van der Waals surface area contributed by atoms with Gasteiger partial charge in [0.05, 0.1) is 24.2 Å². The van der Waals surface area contributed by atoms with Gasteiger partial charge in [0.2, 0.25) is 0 Å². The minimum absolute atomic E-state index is 0.0801. The van der Waals surface area contributed by atoms with Crippen molar-refractivity contribution in [2.45, 2.75) is 30.6 Å². The fraction of sp³-hybridized carbons (Fsp3) is 0.217. The van der Waals surface area contributed by atoms with Gasteiger partial charge in [0.1, 0.15) is 22.8 Å². The average molecular weight is 741 g/mol. The molecule has 278 valence electrons. The molecule has 7 aliphatic rings. The third kappa shape index (κ3) is 6.46. The summed E-state index contributed by atoms with van der Waals surface area (Å²) in [6, 6.07) is 37.0. The largest absolute Gasteiger partial charge is 0.330 e. The molecule has 2 fully saturated rings. The minimum Gasteiger partial charge on any atom is -0.330 e. The lowest BCUT2D eigenvalue weighted by atomic mass is 9.87. The maximum Gasteiger partial charge on any atom is 0.273 e. The Balaban J connectivity index is 1.23. The molecule has 1 unspecified atom stereocenters. The predicted octanol–water partition coefficient (Wildman–Crippen LogP) is 6.71. The number of rotatable bonds is 4. The van der Waals surface area contributed by atoms with Crippen molar-refractivity contribution in [1.82, 2.24) is 29.6 Å². The molecule has 0 saturated carbocycles. The first kappa shape index (κ1) is 35.0. The van der Waals surface area contributed by atoms with E-state index in [1.54, 1.807) is 51.1 Å². The van der Waals surface area contributed by atoms with E-state index in [0.717, 1.165) is 16.7 Å². The summed E-state index contributed by atoms with van der Waals surface area (Å²) in [5.41, 5.74) is 3.15. The molecule has 10 heteroatoms. The number of pyridine rings is 2. The van der Waals surface area contributed by atoms with E-state index >= 15 is 0 Å². The number of carbonyl (C=O) groups is 4. The SMILES string of the molecule is O=C1c2cccc(n2)C(=O)N2C[C@@H](C3C=CC=CC3)N(C[C@H]2c2ccccc2)C(=O)c2cccc(n2)C(=O)N2C[C@@H](c3ccccc3)N1C[C@H]2c1ccccc1. The van der Waals surface area contributed by atoms with Gasteiger partial charge in [-0.05, 0) is 47.4 Å². The van der Waals surface area contributed by atoms with Crippen LogP contribution in [0, 0.1) is 5.92 Å². The molecule has 0 radical (unpaired) electrons. The van der Waals surface area contributed by atoms with E-state index in [2.05, 4.69) is 12.2 Å². The average Bonchev–Trinajstić information content (AvgIpc) is 3.28. The van der Waals surface area contributed by atoms with Crippen molar-refractivity contribution in [2.75, 3.05) is 26.2 Å². The van der Waals surface area contributed by atoms with E-state index in [4.69, 9.17) is 9.97 Å². The number of amides is 4.